The molecule has 0 fully saturated rings. The quantitative estimate of drug-likeness (QED) is 0.635. The second-order valence-electron chi connectivity index (χ2n) is 4.66. The van der Waals surface area contributed by atoms with Crippen LogP contribution in [0.15, 0.2) is 53.1 Å². The molecule has 0 atom stereocenters. The Morgan fingerprint density at radius 2 is 1.95 bits per heavy atom. The number of benzene rings is 2. The number of carbonyl (C=O) groups is 1. The predicted molar refractivity (Wildman–Crippen MR) is 80.3 cm³/mol. The van der Waals surface area contributed by atoms with Gasteiger partial charge in [0.2, 0.25) is 0 Å². The molecule has 3 aromatic rings. The molecule has 0 saturated heterocycles. The third-order valence-electron chi connectivity index (χ3n) is 3.30. The fourth-order valence-electron chi connectivity index (χ4n) is 2.27. The number of fused-ring (bicyclic) bond motifs is 1. The molecule has 5 heteroatoms. The van der Waals surface area contributed by atoms with Crippen LogP contribution in [0.4, 0.5) is 8.78 Å². The Hall–Kier alpha value is -2.01. The molecule has 0 bridgehead atoms. The first-order valence-electron chi connectivity index (χ1n) is 6.28. The van der Waals surface area contributed by atoms with E-state index in [0.717, 1.165) is 33.6 Å². The summed E-state index contributed by atoms with van der Waals surface area (Å²) in [6.45, 7) is -0.0413. The Bertz CT molecular complexity index is 841. The third-order valence-corrected chi connectivity index (χ3v) is 3.99. The summed E-state index contributed by atoms with van der Waals surface area (Å²) >= 11 is 3.43. The minimum absolute atomic E-state index is 0.0413. The minimum atomic E-state index is -0.709. The number of hydrogen-bond donors (Lipinski definition) is 0. The monoisotopic (exact) mass is 349 g/mol. The lowest BCUT2D eigenvalue weighted by Gasteiger charge is -2.06. The Morgan fingerprint density at radius 3 is 2.76 bits per heavy atom. The SMILES string of the molecule is O=C(Cn1ccc2c(Br)cccc21)c1cc(F)ccc1F. The van der Waals surface area contributed by atoms with Crippen molar-refractivity contribution in [2.24, 2.45) is 0 Å². The lowest BCUT2D eigenvalue weighted by Crippen LogP contribution is -2.11. The predicted octanol–water partition coefficient (Wildman–Crippen LogP) is 4.56. The van der Waals surface area contributed by atoms with E-state index in [4.69, 9.17) is 0 Å². The highest BCUT2D eigenvalue weighted by molar-refractivity contribution is 9.10. The van der Waals surface area contributed by atoms with Crippen LogP contribution in [0.25, 0.3) is 10.9 Å². The summed E-state index contributed by atoms with van der Waals surface area (Å²) in [6, 6.07) is 10.4. The van der Waals surface area contributed by atoms with Gasteiger partial charge >= 0.3 is 0 Å². The molecule has 0 aliphatic rings. The second kappa shape index (κ2) is 5.41. The van der Waals surface area contributed by atoms with Gasteiger partial charge in [0.15, 0.2) is 5.78 Å². The van der Waals surface area contributed by atoms with Crippen LogP contribution in [-0.2, 0) is 6.54 Å². The van der Waals surface area contributed by atoms with E-state index in [0.29, 0.717) is 0 Å². The summed E-state index contributed by atoms with van der Waals surface area (Å²) < 4.78 is 29.4. The van der Waals surface area contributed by atoms with Gasteiger partial charge in [-0.3, -0.25) is 4.79 Å². The molecule has 1 aromatic heterocycles. The van der Waals surface area contributed by atoms with Gasteiger partial charge in [0, 0.05) is 21.6 Å². The van der Waals surface area contributed by atoms with Crippen molar-refractivity contribution in [2.75, 3.05) is 0 Å². The first-order chi connectivity index (χ1) is 10.1. The number of rotatable bonds is 3. The molecule has 0 aliphatic heterocycles. The van der Waals surface area contributed by atoms with Gasteiger partial charge in [0.05, 0.1) is 12.1 Å². The number of nitrogens with zero attached hydrogens (tertiary/aromatic N) is 1. The number of carbonyl (C=O) groups excluding carboxylic acids is 1. The number of ketones is 1. The zero-order chi connectivity index (χ0) is 15.0. The van der Waals surface area contributed by atoms with Gasteiger partial charge in [-0.15, -0.1) is 0 Å². The van der Waals surface area contributed by atoms with E-state index in [9.17, 15) is 13.6 Å². The Labute approximate surface area is 128 Å². The Morgan fingerprint density at radius 1 is 1.14 bits per heavy atom. The third kappa shape index (κ3) is 2.61. The summed E-state index contributed by atoms with van der Waals surface area (Å²) in [4.78, 5) is 12.2. The van der Waals surface area contributed by atoms with E-state index in [1.807, 2.05) is 24.3 Å². The molecule has 0 spiro atoms. The largest absolute Gasteiger partial charge is 0.340 e. The van der Waals surface area contributed by atoms with Gasteiger partial charge in [0.25, 0.3) is 0 Å². The molecule has 0 amide bonds. The van der Waals surface area contributed by atoms with Crippen molar-refractivity contribution in [3.8, 4) is 0 Å². The van der Waals surface area contributed by atoms with Crippen molar-refractivity contribution >= 4 is 32.6 Å². The molecule has 0 radical (unpaired) electrons. The molecule has 21 heavy (non-hydrogen) atoms. The van der Waals surface area contributed by atoms with Crippen LogP contribution in [0.3, 0.4) is 0 Å². The maximum atomic E-state index is 13.6. The molecule has 2 nitrogen and oxygen atoms in total. The van der Waals surface area contributed by atoms with Crippen molar-refractivity contribution < 1.29 is 13.6 Å². The number of hydrogen-bond acceptors (Lipinski definition) is 1. The lowest BCUT2D eigenvalue weighted by molar-refractivity contribution is 0.0969. The van der Waals surface area contributed by atoms with Crippen LogP contribution in [-0.4, -0.2) is 10.4 Å². The minimum Gasteiger partial charge on any atom is -0.340 e. The van der Waals surface area contributed by atoms with Crippen molar-refractivity contribution in [1.29, 1.82) is 0 Å². The van der Waals surface area contributed by atoms with Gasteiger partial charge in [-0.2, -0.15) is 0 Å². The van der Waals surface area contributed by atoms with Crippen LogP contribution in [0, 0.1) is 11.6 Å². The molecule has 106 valence electrons. The Kier molecular flexibility index (Phi) is 3.59. The molecular weight excluding hydrogens is 340 g/mol. The maximum absolute atomic E-state index is 13.6. The smallest absolute Gasteiger partial charge is 0.185 e. The van der Waals surface area contributed by atoms with E-state index >= 15 is 0 Å². The summed E-state index contributed by atoms with van der Waals surface area (Å²) in [5, 5.41) is 0.963. The fourth-order valence-corrected chi connectivity index (χ4v) is 2.76. The van der Waals surface area contributed by atoms with Gasteiger partial charge in [-0.25, -0.2) is 8.78 Å². The maximum Gasteiger partial charge on any atom is 0.185 e. The van der Waals surface area contributed by atoms with Crippen LogP contribution < -0.4 is 0 Å². The highest BCUT2D eigenvalue weighted by atomic mass is 79.9. The zero-order valence-corrected chi connectivity index (χ0v) is 12.4. The average molecular weight is 350 g/mol. The van der Waals surface area contributed by atoms with Crippen molar-refractivity contribution in [3.63, 3.8) is 0 Å². The topological polar surface area (TPSA) is 22.0 Å². The van der Waals surface area contributed by atoms with Crippen molar-refractivity contribution in [2.45, 2.75) is 6.54 Å². The average Bonchev–Trinajstić information content (AvgIpc) is 2.86. The molecule has 0 N–H and O–H groups in total. The first-order valence-corrected chi connectivity index (χ1v) is 7.07. The number of aromatic nitrogens is 1. The van der Waals surface area contributed by atoms with E-state index in [1.165, 1.54) is 0 Å². The summed E-state index contributed by atoms with van der Waals surface area (Å²) in [7, 11) is 0. The van der Waals surface area contributed by atoms with Crippen LogP contribution in [0.2, 0.25) is 0 Å². The second-order valence-corrected chi connectivity index (χ2v) is 5.52. The molecule has 0 aliphatic carbocycles. The molecule has 2 aromatic carbocycles. The molecule has 0 saturated carbocycles. The van der Waals surface area contributed by atoms with Gasteiger partial charge in [-0.05, 0) is 36.4 Å². The van der Waals surface area contributed by atoms with Crippen molar-refractivity contribution in [3.05, 3.63) is 70.3 Å². The highest BCUT2D eigenvalue weighted by Gasteiger charge is 2.14. The molecular formula is C16H10BrF2NO. The number of Topliss-reactive ketones (excluding diaryl/α,β-unsaturated/α-hetero) is 1. The van der Waals surface area contributed by atoms with Crippen LogP contribution in [0.1, 0.15) is 10.4 Å². The zero-order valence-electron chi connectivity index (χ0n) is 10.8. The van der Waals surface area contributed by atoms with Gasteiger partial charge < -0.3 is 4.57 Å². The first kappa shape index (κ1) is 13.9. The van der Waals surface area contributed by atoms with E-state index < -0.39 is 17.4 Å². The van der Waals surface area contributed by atoms with Gasteiger partial charge in [-0.1, -0.05) is 22.0 Å². The summed E-state index contributed by atoms with van der Waals surface area (Å²) in [5.41, 5.74) is 0.626. The van der Waals surface area contributed by atoms with E-state index in [-0.39, 0.29) is 12.1 Å². The van der Waals surface area contributed by atoms with Crippen molar-refractivity contribution in [1.82, 2.24) is 4.57 Å². The summed E-state index contributed by atoms with van der Waals surface area (Å²) in [5.74, 6) is -1.80. The Balaban J connectivity index is 1.97. The lowest BCUT2D eigenvalue weighted by atomic mass is 10.1. The standard InChI is InChI=1S/C16H10BrF2NO/c17-13-2-1-3-15-11(13)6-7-20(15)9-16(21)12-8-10(18)4-5-14(12)19/h1-8H,9H2. The van der Waals surface area contributed by atoms with E-state index in [1.54, 1.807) is 10.8 Å². The molecule has 0 unspecified atom stereocenters. The molecule has 1 heterocycles. The molecule has 3 rings (SSSR count). The normalized spacial score (nSPS) is 11.0. The van der Waals surface area contributed by atoms with Gasteiger partial charge in [0.1, 0.15) is 11.6 Å². The van der Waals surface area contributed by atoms with Crippen LogP contribution in [0.5, 0.6) is 0 Å². The number of halogens is 3. The van der Waals surface area contributed by atoms with E-state index in [2.05, 4.69) is 15.9 Å². The fraction of sp³-hybridized carbons (Fsp3) is 0.0625. The van der Waals surface area contributed by atoms with Crippen LogP contribution >= 0.6 is 15.9 Å². The summed E-state index contributed by atoms with van der Waals surface area (Å²) in [6.07, 6.45) is 1.75. The highest BCUT2D eigenvalue weighted by Crippen LogP contribution is 2.25.